The van der Waals surface area contributed by atoms with Crippen molar-refractivity contribution in [2.45, 2.75) is 33.2 Å². The Bertz CT molecular complexity index is 455. The van der Waals surface area contributed by atoms with E-state index in [-0.39, 0.29) is 11.9 Å². The van der Waals surface area contributed by atoms with Gasteiger partial charge in [0.25, 0.3) is 5.91 Å². The molecule has 0 saturated carbocycles. The maximum Gasteiger partial charge on any atom is 0.251 e. The first-order valence-corrected chi connectivity index (χ1v) is 6.29. The highest BCUT2D eigenvalue weighted by molar-refractivity contribution is 5.96. The molecule has 1 aliphatic heterocycles. The first-order chi connectivity index (χ1) is 8.58. The zero-order chi connectivity index (χ0) is 13.1. The SMILES string of the molecule is Cc1cc2c(cc1C(=O)NC(C)C)OCCCO2. The molecule has 0 bridgehead atoms. The van der Waals surface area contributed by atoms with Gasteiger partial charge in [-0.3, -0.25) is 4.79 Å². The van der Waals surface area contributed by atoms with Gasteiger partial charge in [0.15, 0.2) is 11.5 Å². The Balaban J connectivity index is 2.31. The second-order valence-corrected chi connectivity index (χ2v) is 4.79. The average molecular weight is 249 g/mol. The number of benzene rings is 1. The molecule has 1 heterocycles. The monoisotopic (exact) mass is 249 g/mol. The van der Waals surface area contributed by atoms with E-state index in [0.717, 1.165) is 17.7 Å². The number of carbonyl (C=O) groups excluding carboxylic acids is 1. The smallest absolute Gasteiger partial charge is 0.251 e. The normalized spacial score (nSPS) is 14.2. The molecule has 0 fully saturated rings. The van der Waals surface area contributed by atoms with Crippen LogP contribution in [0.25, 0.3) is 0 Å². The molecule has 4 nitrogen and oxygen atoms in total. The lowest BCUT2D eigenvalue weighted by Crippen LogP contribution is -2.30. The van der Waals surface area contributed by atoms with E-state index in [0.29, 0.717) is 24.5 Å². The van der Waals surface area contributed by atoms with Crippen LogP contribution in [0.1, 0.15) is 36.2 Å². The predicted molar refractivity (Wildman–Crippen MR) is 69.4 cm³/mol. The minimum atomic E-state index is -0.0712. The molecule has 1 aromatic carbocycles. The number of carbonyl (C=O) groups is 1. The first kappa shape index (κ1) is 12.7. The summed E-state index contributed by atoms with van der Waals surface area (Å²) in [6, 6.07) is 3.76. The van der Waals surface area contributed by atoms with Crippen LogP contribution in [0.2, 0.25) is 0 Å². The van der Waals surface area contributed by atoms with E-state index in [2.05, 4.69) is 5.32 Å². The van der Waals surface area contributed by atoms with Gasteiger partial charge in [-0.1, -0.05) is 0 Å². The molecule has 0 atom stereocenters. The number of aryl methyl sites for hydroxylation is 1. The number of hydrogen-bond donors (Lipinski definition) is 1. The molecule has 2 rings (SSSR count). The third-order valence-corrected chi connectivity index (χ3v) is 2.76. The maximum absolute atomic E-state index is 12.0. The molecule has 0 radical (unpaired) electrons. The molecule has 1 amide bonds. The highest BCUT2D eigenvalue weighted by Crippen LogP contribution is 2.32. The van der Waals surface area contributed by atoms with Crippen LogP contribution in [0.3, 0.4) is 0 Å². The van der Waals surface area contributed by atoms with E-state index < -0.39 is 0 Å². The van der Waals surface area contributed by atoms with Crippen molar-refractivity contribution in [2.75, 3.05) is 13.2 Å². The highest BCUT2D eigenvalue weighted by atomic mass is 16.5. The number of nitrogens with one attached hydrogen (secondary N) is 1. The van der Waals surface area contributed by atoms with Gasteiger partial charge in [0.1, 0.15) is 0 Å². The Morgan fingerprint density at radius 2 is 1.83 bits per heavy atom. The van der Waals surface area contributed by atoms with Crippen LogP contribution >= 0.6 is 0 Å². The van der Waals surface area contributed by atoms with Gasteiger partial charge in [-0.2, -0.15) is 0 Å². The second-order valence-electron chi connectivity index (χ2n) is 4.79. The molecular weight excluding hydrogens is 230 g/mol. The Hall–Kier alpha value is -1.71. The Kier molecular flexibility index (Phi) is 3.75. The van der Waals surface area contributed by atoms with Crippen LogP contribution in [-0.2, 0) is 0 Å². The fourth-order valence-corrected chi connectivity index (χ4v) is 1.89. The second kappa shape index (κ2) is 5.29. The minimum absolute atomic E-state index is 0.0712. The summed E-state index contributed by atoms with van der Waals surface area (Å²) >= 11 is 0. The fourth-order valence-electron chi connectivity index (χ4n) is 1.89. The van der Waals surface area contributed by atoms with Gasteiger partial charge < -0.3 is 14.8 Å². The molecule has 1 aromatic rings. The predicted octanol–water partition coefficient (Wildman–Crippen LogP) is 2.29. The highest BCUT2D eigenvalue weighted by Gasteiger charge is 2.17. The largest absolute Gasteiger partial charge is 0.490 e. The van der Waals surface area contributed by atoms with Crippen molar-refractivity contribution in [1.29, 1.82) is 0 Å². The van der Waals surface area contributed by atoms with Crippen molar-refractivity contribution in [3.63, 3.8) is 0 Å². The van der Waals surface area contributed by atoms with Gasteiger partial charge in [-0.25, -0.2) is 0 Å². The standard InChI is InChI=1S/C14H19NO3/c1-9(2)15-14(16)11-8-13-12(7-10(11)3)17-5-4-6-18-13/h7-9H,4-6H2,1-3H3,(H,15,16). The summed E-state index contributed by atoms with van der Waals surface area (Å²) in [6.45, 7) is 7.07. The van der Waals surface area contributed by atoms with Crippen molar-refractivity contribution >= 4 is 5.91 Å². The van der Waals surface area contributed by atoms with Gasteiger partial charge >= 0.3 is 0 Å². The summed E-state index contributed by atoms with van der Waals surface area (Å²) in [7, 11) is 0. The lowest BCUT2D eigenvalue weighted by Gasteiger charge is -2.14. The van der Waals surface area contributed by atoms with Crippen LogP contribution in [0.5, 0.6) is 11.5 Å². The van der Waals surface area contributed by atoms with Crippen molar-refractivity contribution < 1.29 is 14.3 Å². The third-order valence-electron chi connectivity index (χ3n) is 2.76. The lowest BCUT2D eigenvalue weighted by molar-refractivity contribution is 0.0942. The Morgan fingerprint density at radius 3 is 2.44 bits per heavy atom. The van der Waals surface area contributed by atoms with Gasteiger partial charge in [0, 0.05) is 18.0 Å². The number of fused-ring (bicyclic) bond motifs is 1. The average Bonchev–Trinajstić information content (AvgIpc) is 2.51. The van der Waals surface area contributed by atoms with E-state index >= 15 is 0 Å². The molecule has 4 heteroatoms. The van der Waals surface area contributed by atoms with Gasteiger partial charge in [-0.15, -0.1) is 0 Å². The number of amides is 1. The molecule has 0 unspecified atom stereocenters. The first-order valence-electron chi connectivity index (χ1n) is 6.29. The summed E-state index contributed by atoms with van der Waals surface area (Å²) in [5.74, 6) is 1.32. The molecule has 0 aromatic heterocycles. The van der Waals surface area contributed by atoms with E-state index in [1.807, 2.05) is 26.8 Å². The minimum Gasteiger partial charge on any atom is -0.490 e. The summed E-state index contributed by atoms with van der Waals surface area (Å²) in [6.07, 6.45) is 0.862. The van der Waals surface area contributed by atoms with Gasteiger partial charge in [0.2, 0.25) is 0 Å². The van der Waals surface area contributed by atoms with Crippen molar-refractivity contribution in [2.24, 2.45) is 0 Å². The van der Waals surface area contributed by atoms with Crippen LogP contribution < -0.4 is 14.8 Å². The van der Waals surface area contributed by atoms with Crippen molar-refractivity contribution in [1.82, 2.24) is 5.32 Å². The quantitative estimate of drug-likeness (QED) is 0.874. The number of rotatable bonds is 2. The number of ether oxygens (including phenoxy) is 2. The zero-order valence-corrected chi connectivity index (χ0v) is 11.1. The fraction of sp³-hybridized carbons (Fsp3) is 0.500. The van der Waals surface area contributed by atoms with Crippen LogP contribution in [-0.4, -0.2) is 25.2 Å². The third kappa shape index (κ3) is 2.75. The van der Waals surface area contributed by atoms with Gasteiger partial charge in [0.05, 0.1) is 13.2 Å². The van der Waals surface area contributed by atoms with E-state index in [4.69, 9.17) is 9.47 Å². The molecule has 0 saturated heterocycles. The summed E-state index contributed by atoms with van der Waals surface area (Å²) in [5.41, 5.74) is 1.55. The molecule has 1 N–H and O–H groups in total. The maximum atomic E-state index is 12.0. The molecule has 18 heavy (non-hydrogen) atoms. The zero-order valence-electron chi connectivity index (χ0n) is 11.1. The molecular formula is C14H19NO3. The Morgan fingerprint density at radius 1 is 1.22 bits per heavy atom. The van der Waals surface area contributed by atoms with Gasteiger partial charge in [-0.05, 0) is 38.5 Å². The molecule has 0 aliphatic carbocycles. The summed E-state index contributed by atoms with van der Waals surface area (Å²) in [5, 5.41) is 2.89. The van der Waals surface area contributed by atoms with Crippen LogP contribution in [0.4, 0.5) is 0 Å². The van der Waals surface area contributed by atoms with E-state index in [1.54, 1.807) is 6.07 Å². The summed E-state index contributed by atoms with van der Waals surface area (Å²) < 4.78 is 11.2. The number of hydrogen-bond acceptors (Lipinski definition) is 3. The lowest BCUT2D eigenvalue weighted by atomic mass is 10.1. The van der Waals surface area contributed by atoms with E-state index in [9.17, 15) is 4.79 Å². The molecule has 0 spiro atoms. The van der Waals surface area contributed by atoms with Crippen LogP contribution in [0.15, 0.2) is 12.1 Å². The molecule has 1 aliphatic rings. The van der Waals surface area contributed by atoms with E-state index in [1.165, 1.54) is 0 Å². The molecule has 98 valence electrons. The summed E-state index contributed by atoms with van der Waals surface area (Å²) in [4.78, 5) is 12.0. The van der Waals surface area contributed by atoms with Crippen LogP contribution in [0, 0.1) is 6.92 Å². The topological polar surface area (TPSA) is 47.6 Å². The Labute approximate surface area is 107 Å². The van der Waals surface area contributed by atoms with Crippen molar-refractivity contribution in [3.05, 3.63) is 23.3 Å². The van der Waals surface area contributed by atoms with Crippen molar-refractivity contribution in [3.8, 4) is 11.5 Å².